The van der Waals surface area contributed by atoms with Gasteiger partial charge in [0.05, 0.1) is 6.42 Å². The molecule has 0 bridgehead atoms. The Morgan fingerprint density at radius 2 is 1.67 bits per heavy atom. The van der Waals surface area contributed by atoms with Crippen molar-refractivity contribution in [1.29, 1.82) is 0 Å². The topological polar surface area (TPSA) is 41.1 Å². The number of carbonyl (C=O) groups excluding carboxylic acids is 1. The van der Waals surface area contributed by atoms with Gasteiger partial charge in [-0.2, -0.15) is 0 Å². The van der Waals surface area contributed by atoms with Crippen molar-refractivity contribution in [1.82, 2.24) is 5.32 Å². The van der Waals surface area contributed by atoms with Gasteiger partial charge in [-0.1, -0.05) is 36.4 Å². The van der Waals surface area contributed by atoms with Crippen LogP contribution in [0.25, 0.3) is 0 Å². The largest absolute Gasteiger partial charge is 0.382 e. The Labute approximate surface area is 125 Å². The average Bonchev–Trinajstić information content (AvgIpc) is 2.91. The summed E-state index contributed by atoms with van der Waals surface area (Å²) in [5.41, 5.74) is 5.06. The van der Waals surface area contributed by atoms with E-state index in [4.69, 9.17) is 0 Å². The van der Waals surface area contributed by atoms with E-state index in [0.717, 1.165) is 24.1 Å². The molecule has 3 nitrogen and oxygen atoms in total. The highest BCUT2D eigenvalue weighted by Crippen LogP contribution is 2.24. The van der Waals surface area contributed by atoms with Gasteiger partial charge in [-0.3, -0.25) is 4.79 Å². The highest BCUT2D eigenvalue weighted by atomic mass is 16.1. The van der Waals surface area contributed by atoms with Crippen LogP contribution in [0.3, 0.4) is 0 Å². The van der Waals surface area contributed by atoms with Crippen LogP contribution >= 0.6 is 0 Å². The van der Waals surface area contributed by atoms with Gasteiger partial charge in [-0.15, -0.1) is 0 Å². The molecule has 0 unspecified atom stereocenters. The minimum atomic E-state index is 0.0435. The molecular weight excluding hydrogens is 260 g/mol. The Kier molecular flexibility index (Phi) is 3.91. The third-order valence-corrected chi connectivity index (χ3v) is 4.02. The maximum atomic E-state index is 11.3. The molecule has 0 radical (unpaired) electrons. The molecule has 0 fully saturated rings. The zero-order valence-corrected chi connectivity index (χ0v) is 12.2. The van der Waals surface area contributed by atoms with Crippen LogP contribution in [0.15, 0.2) is 48.5 Å². The van der Waals surface area contributed by atoms with E-state index in [9.17, 15) is 4.79 Å². The monoisotopic (exact) mass is 280 g/mol. The molecule has 0 aliphatic heterocycles. The average molecular weight is 280 g/mol. The number of amides is 1. The van der Waals surface area contributed by atoms with Gasteiger partial charge in [0.2, 0.25) is 5.91 Å². The SMILES string of the molecule is CNC(=O)Cc1ccc(NC2Cc3ccccc3C2)cc1. The third-order valence-electron chi connectivity index (χ3n) is 4.02. The van der Waals surface area contributed by atoms with Crippen LogP contribution in [0.5, 0.6) is 0 Å². The van der Waals surface area contributed by atoms with E-state index >= 15 is 0 Å². The summed E-state index contributed by atoms with van der Waals surface area (Å²) in [6.07, 6.45) is 2.60. The van der Waals surface area contributed by atoms with Gasteiger partial charge >= 0.3 is 0 Å². The summed E-state index contributed by atoms with van der Waals surface area (Å²) in [7, 11) is 1.66. The van der Waals surface area contributed by atoms with Crippen LogP contribution in [0, 0.1) is 0 Å². The Balaban J connectivity index is 1.61. The highest BCUT2D eigenvalue weighted by Gasteiger charge is 2.20. The fourth-order valence-electron chi connectivity index (χ4n) is 2.89. The predicted octanol–water partition coefficient (Wildman–Crippen LogP) is 2.55. The molecule has 3 rings (SSSR count). The lowest BCUT2D eigenvalue weighted by molar-refractivity contribution is -0.119. The molecule has 0 heterocycles. The number of likely N-dealkylation sites (N-methyl/N-ethyl adjacent to an activating group) is 1. The van der Waals surface area contributed by atoms with Gasteiger partial charge in [0.1, 0.15) is 0 Å². The molecular formula is C18H20N2O. The molecule has 0 saturated heterocycles. The molecule has 3 heteroatoms. The van der Waals surface area contributed by atoms with Crippen molar-refractivity contribution in [2.45, 2.75) is 25.3 Å². The normalized spacial score (nSPS) is 13.8. The maximum Gasteiger partial charge on any atom is 0.224 e. The second-order valence-electron chi connectivity index (χ2n) is 5.57. The first-order valence-corrected chi connectivity index (χ1v) is 7.37. The molecule has 1 aliphatic rings. The number of hydrogen-bond acceptors (Lipinski definition) is 2. The quantitative estimate of drug-likeness (QED) is 0.903. The molecule has 0 saturated carbocycles. The Bertz CT molecular complexity index is 609. The van der Waals surface area contributed by atoms with Crippen LogP contribution in [-0.4, -0.2) is 19.0 Å². The van der Waals surface area contributed by atoms with E-state index < -0.39 is 0 Å². The van der Waals surface area contributed by atoms with Gasteiger partial charge in [-0.05, 0) is 41.7 Å². The molecule has 0 atom stereocenters. The summed E-state index contributed by atoms with van der Waals surface area (Å²) in [4.78, 5) is 11.3. The number of anilines is 1. The van der Waals surface area contributed by atoms with E-state index in [2.05, 4.69) is 47.0 Å². The third kappa shape index (κ3) is 3.24. The van der Waals surface area contributed by atoms with Crippen LogP contribution in [0.4, 0.5) is 5.69 Å². The first kappa shape index (κ1) is 13.7. The van der Waals surface area contributed by atoms with Crippen molar-refractivity contribution in [3.05, 3.63) is 65.2 Å². The number of benzene rings is 2. The molecule has 1 amide bonds. The number of rotatable bonds is 4. The van der Waals surface area contributed by atoms with Crippen LogP contribution < -0.4 is 10.6 Å². The van der Waals surface area contributed by atoms with Crippen LogP contribution in [-0.2, 0) is 24.1 Å². The summed E-state index contributed by atoms with van der Waals surface area (Å²) in [6.45, 7) is 0. The van der Waals surface area contributed by atoms with Crippen molar-refractivity contribution in [2.75, 3.05) is 12.4 Å². The van der Waals surface area contributed by atoms with Gasteiger partial charge in [0, 0.05) is 18.8 Å². The molecule has 21 heavy (non-hydrogen) atoms. The second-order valence-corrected chi connectivity index (χ2v) is 5.57. The minimum absolute atomic E-state index is 0.0435. The lowest BCUT2D eigenvalue weighted by Gasteiger charge is -2.14. The Hall–Kier alpha value is -2.29. The van der Waals surface area contributed by atoms with E-state index in [1.54, 1.807) is 7.05 Å². The number of hydrogen-bond donors (Lipinski definition) is 2. The smallest absolute Gasteiger partial charge is 0.224 e. The van der Waals surface area contributed by atoms with E-state index in [-0.39, 0.29) is 5.91 Å². The number of nitrogens with one attached hydrogen (secondary N) is 2. The fourth-order valence-corrected chi connectivity index (χ4v) is 2.89. The number of fused-ring (bicyclic) bond motifs is 1. The molecule has 2 aromatic carbocycles. The summed E-state index contributed by atoms with van der Waals surface area (Å²) >= 11 is 0. The molecule has 2 N–H and O–H groups in total. The number of carbonyl (C=O) groups is 1. The van der Waals surface area contributed by atoms with Gasteiger partial charge in [0.15, 0.2) is 0 Å². The highest BCUT2D eigenvalue weighted by molar-refractivity contribution is 5.78. The molecule has 2 aromatic rings. The summed E-state index contributed by atoms with van der Waals surface area (Å²) < 4.78 is 0. The minimum Gasteiger partial charge on any atom is -0.382 e. The standard InChI is InChI=1S/C18H20N2O/c1-19-18(21)10-13-6-8-16(9-7-13)20-17-11-14-4-2-3-5-15(14)12-17/h2-9,17,20H,10-12H2,1H3,(H,19,21). The summed E-state index contributed by atoms with van der Waals surface area (Å²) in [6, 6.07) is 17.2. The zero-order chi connectivity index (χ0) is 14.7. The second kappa shape index (κ2) is 6.00. The van der Waals surface area contributed by atoms with E-state index in [1.165, 1.54) is 11.1 Å². The fraction of sp³-hybridized carbons (Fsp3) is 0.278. The molecule has 0 aromatic heterocycles. The van der Waals surface area contributed by atoms with Crippen LogP contribution in [0.2, 0.25) is 0 Å². The Morgan fingerprint density at radius 1 is 1.05 bits per heavy atom. The van der Waals surface area contributed by atoms with E-state index in [0.29, 0.717) is 12.5 Å². The van der Waals surface area contributed by atoms with E-state index in [1.807, 2.05) is 12.1 Å². The van der Waals surface area contributed by atoms with Crippen molar-refractivity contribution >= 4 is 11.6 Å². The molecule has 1 aliphatic carbocycles. The summed E-state index contributed by atoms with van der Waals surface area (Å²) in [5, 5.41) is 6.22. The van der Waals surface area contributed by atoms with Gasteiger partial charge < -0.3 is 10.6 Å². The first-order chi connectivity index (χ1) is 10.2. The van der Waals surface area contributed by atoms with Gasteiger partial charge in [0.25, 0.3) is 0 Å². The van der Waals surface area contributed by atoms with Crippen molar-refractivity contribution in [3.63, 3.8) is 0 Å². The predicted molar refractivity (Wildman–Crippen MR) is 85.5 cm³/mol. The molecule has 108 valence electrons. The first-order valence-electron chi connectivity index (χ1n) is 7.37. The lowest BCUT2D eigenvalue weighted by Crippen LogP contribution is -2.20. The van der Waals surface area contributed by atoms with Crippen molar-refractivity contribution in [2.24, 2.45) is 0 Å². The summed E-state index contributed by atoms with van der Waals surface area (Å²) in [5.74, 6) is 0.0435. The van der Waals surface area contributed by atoms with Crippen molar-refractivity contribution in [3.8, 4) is 0 Å². The lowest BCUT2D eigenvalue weighted by atomic mass is 10.1. The maximum absolute atomic E-state index is 11.3. The molecule has 0 spiro atoms. The van der Waals surface area contributed by atoms with Gasteiger partial charge in [-0.25, -0.2) is 0 Å². The van der Waals surface area contributed by atoms with Crippen molar-refractivity contribution < 1.29 is 4.79 Å². The zero-order valence-electron chi connectivity index (χ0n) is 12.2. The van der Waals surface area contributed by atoms with Crippen LogP contribution in [0.1, 0.15) is 16.7 Å². The Morgan fingerprint density at radius 3 is 2.24 bits per heavy atom.